The number of alkyl halides is 3. The van der Waals surface area contributed by atoms with E-state index < -0.39 is 30.7 Å². The molecule has 240 valence electrons. The minimum absolute atomic E-state index is 0.0205. The third-order valence-corrected chi connectivity index (χ3v) is 5.56. The average molecular weight is 633 g/mol. The summed E-state index contributed by atoms with van der Waals surface area (Å²) in [6.07, 6.45) is -3.33. The Hall–Kier alpha value is -5.08. The van der Waals surface area contributed by atoms with Gasteiger partial charge in [0, 0.05) is 17.5 Å². The molecule has 0 spiro atoms. The molecule has 0 aliphatic rings. The molecule has 0 bridgehead atoms. The largest absolute Gasteiger partial charge is 0.460 e. The van der Waals surface area contributed by atoms with Gasteiger partial charge in [-0.15, -0.1) is 0 Å². The minimum atomic E-state index is -3.29. The van der Waals surface area contributed by atoms with Gasteiger partial charge in [-0.25, -0.2) is 23.2 Å². The van der Waals surface area contributed by atoms with Crippen LogP contribution in [0, 0.1) is 0 Å². The highest BCUT2D eigenvalue weighted by molar-refractivity contribution is 5.92. The molecule has 0 radical (unpaired) electrons. The number of carbonyl (C=O) groups excluding carboxylic acids is 3. The Balaban J connectivity index is 1.25. The topological polar surface area (TPSA) is 159 Å². The van der Waals surface area contributed by atoms with E-state index in [1.165, 1.54) is 66.7 Å². The Kier molecular flexibility index (Phi) is 13.7. The number of esters is 3. The SMILES string of the molecule is Nc1cc(N)cc(C(=O)OCCOCCOCCOC(=O)/C=C/c2ccc(OC(=O)c3ccc(OC(F)C(F)F)cc3)cc2)c1. The first kappa shape index (κ1) is 34.4. The molecule has 0 amide bonds. The molecule has 3 aromatic carbocycles. The smallest absolute Gasteiger partial charge is 0.343 e. The summed E-state index contributed by atoms with van der Waals surface area (Å²) in [6.45, 7) is 0.853. The zero-order valence-electron chi connectivity index (χ0n) is 23.9. The standard InChI is InChI=1S/C31H31F3N2O9/c32-28(33)29(34)44-25-8-4-21(5-9-25)31(39)45-26-6-1-20(2-7-26)3-10-27(37)42-15-13-40-11-12-41-14-16-43-30(38)22-17-23(35)19-24(36)18-22/h1-10,17-19,28-29H,11-16,35-36H2/b10-3+. The van der Waals surface area contributed by atoms with Crippen molar-refractivity contribution in [2.75, 3.05) is 51.1 Å². The van der Waals surface area contributed by atoms with Gasteiger partial charge in [0.1, 0.15) is 24.7 Å². The summed E-state index contributed by atoms with van der Waals surface area (Å²) in [4.78, 5) is 36.2. The number of hydrogen-bond acceptors (Lipinski definition) is 11. The van der Waals surface area contributed by atoms with Crippen LogP contribution in [0.15, 0.2) is 72.8 Å². The number of carbonyl (C=O) groups is 3. The second kappa shape index (κ2) is 17.9. The van der Waals surface area contributed by atoms with Crippen LogP contribution in [0.4, 0.5) is 24.5 Å². The van der Waals surface area contributed by atoms with E-state index in [0.717, 1.165) is 0 Å². The third kappa shape index (κ3) is 12.6. The fraction of sp³-hybridized carbons (Fsp3) is 0.258. The highest BCUT2D eigenvalue weighted by Crippen LogP contribution is 2.20. The van der Waals surface area contributed by atoms with E-state index in [1.807, 2.05) is 0 Å². The van der Waals surface area contributed by atoms with Gasteiger partial charge in [-0.05, 0) is 66.2 Å². The predicted octanol–water partition coefficient (Wildman–Crippen LogP) is 4.46. The summed E-state index contributed by atoms with van der Waals surface area (Å²) >= 11 is 0. The fourth-order valence-electron chi connectivity index (χ4n) is 3.47. The van der Waals surface area contributed by atoms with Gasteiger partial charge in [0.15, 0.2) is 0 Å². The molecule has 4 N–H and O–H groups in total. The highest BCUT2D eigenvalue weighted by Gasteiger charge is 2.21. The van der Waals surface area contributed by atoms with Crippen LogP contribution in [0.2, 0.25) is 0 Å². The summed E-state index contributed by atoms with van der Waals surface area (Å²) in [7, 11) is 0. The van der Waals surface area contributed by atoms with Crippen molar-refractivity contribution in [2.45, 2.75) is 12.8 Å². The van der Waals surface area contributed by atoms with E-state index in [0.29, 0.717) is 16.9 Å². The van der Waals surface area contributed by atoms with Gasteiger partial charge in [0.2, 0.25) is 0 Å². The maximum Gasteiger partial charge on any atom is 0.343 e. The highest BCUT2D eigenvalue weighted by atomic mass is 19.3. The molecule has 1 unspecified atom stereocenters. The van der Waals surface area contributed by atoms with Crippen LogP contribution in [0.5, 0.6) is 11.5 Å². The lowest BCUT2D eigenvalue weighted by Crippen LogP contribution is -2.19. The Morgan fingerprint density at radius 1 is 0.667 bits per heavy atom. The summed E-state index contributed by atoms with van der Waals surface area (Å²) < 4.78 is 67.9. The van der Waals surface area contributed by atoms with Crippen molar-refractivity contribution in [1.82, 2.24) is 0 Å². The number of hydrogen-bond donors (Lipinski definition) is 2. The molecular formula is C31H31F3N2O9. The molecule has 0 saturated heterocycles. The van der Waals surface area contributed by atoms with Gasteiger partial charge in [-0.3, -0.25) is 0 Å². The van der Waals surface area contributed by atoms with Crippen LogP contribution in [-0.4, -0.2) is 70.3 Å². The molecule has 0 aromatic heterocycles. The molecule has 11 nitrogen and oxygen atoms in total. The van der Waals surface area contributed by atoms with Gasteiger partial charge < -0.3 is 39.9 Å². The van der Waals surface area contributed by atoms with E-state index in [1.54, 1.807) is 12.1 Å². The number of anilines is 2. The average Bonchev–Trinajstić information content (AvgIpc) is 3.01. The van der Waals surface area contributed by atoms with Crippen LogP contribution in [0.25, 0.3) is 6.08 Å². The first-order chi connectivity index (χ1) is 21.6. The van der Waals surface area contributed by atoms with Gasteiger partial charge in [-0.2, -0.15) is 4.39 Å². The van der Waals surface area contributed by atoms with Crippen LogP contribution in [-0.2, 0) is 23.7 Å². The Bertz CT molecular complexity index is 1410. The molecule has 3 aromatic rings. The van der Waals surface area contributed by atoms with Crippen molar-refractivity contribution >= 4 is 35.4 Å². The van der Waals surface area contributed by atoms with Crippen LogP contribution in [0.1, 0.15) is 26.3 Å². The monoisotopic (exact) mass is 632 g/mol. The Morgan fingerprint density at radius 3 is 1.82 bits per heavy atom. The van der Waals surface area contributed by atoms with Crippen molar-refractivity contribution in [3.63, 3.8) is 0 Å². The molecule has 0 aliphatic carbocycles. The Morgan fingerprint density at radius 2 is 1.22 bits per heavy atom. The fourth-order valence-corrected chi connectivity index (χ4v) is 3.47. The lowest BCUT2D eigenvalue weighted by atomic mass is 10.2. The molecule has 45 heavy (non-hydrogen) atoms. The maximum atomic E-state index is 13.0. The molecule has 3 rings (SSSR count). The molecular weight excluding hydrogens is 601 g/mol. The molecule has 0 heterocycles. The third-order valence-electron chi connectivity index (χ3n) is 5.56. The molecule has 0 saturated carbocycles. The van der Waals surface area contributed by atoms with Gasteiger partial charge >= 0.3 is 24.3 Å². The van der Waals surface area contributed by atoms with Crippen molar-refractivity contribution in [3.05, 3.63) is 89.5 Å². The summed E-state index contributed by atoms with van der Waals surface area (Å²) in [5.41, 5.74) is 13.0. The molecule has 14 heteroatoms. The normalized spacial score (nSPS) is 11.7. The zero-order chi connectivity index (χ0) is 32.6. The van der Waals surface area contributed by atoms with Crippen LogP contribution >= 0.6 is 0 Å². The molecule has 1 atom stereocenters. The van der Waals surface area contributed by atoms with Crippen molar-refractivity contribution < 1.29 is 56.0 Å². The lowest BCUT2D eigenvalue weighted by Gasteiger charge is -2.10. The van der Waals surface area contributed by atoms with Gasteiger partial charge in [0.05, 0.1) is 37.6 Å². The first-order valence-electron chi connectivity index (χ1n) is 13.5. The number of halogens is 3. The van der Waals surface area contributed by atoms with Gasteiger partial charge in [0.25, 0.3) is 6.36 Å². The minimum Gasteiger partial charge on any atom is -0.460 e. The first-order valence-corrected chi connectivity index (χ1v) is 13.5. The van der Waals surface area contributed by atoms with E-state index in [-0.39, 0.29) is 62.3 Å². The second-order valence-electron chi connectivity index (χ2n) is 9.04. The number of nitrogen functional groups attached to an aromatic ring is 2. The summed E-state index contributed by atoms with van der Waals surface area (Å²) in [6, 6.07) is 15.5. The summed E-state index contributed by atoms with van der Waals surface area (Å²) in [5.74, 6) is -1.83. The number of nitrogens with two attached hydrogens (primary N) is 2. The quantitative estimate of drug-likeness (QED) is 0.0712. The number of rotatable bonds is 17. The van der Waals surface area contributed by atoms with Crippen molar-refractivity contribution in [2.24, 2.45) is 0 Å². The Labute approximate surface area is 256 Å². The van der Waals surface area contributed by atoms with Crippen molar-refractivity contribution in [1.29, 1.82) is 0 Å². The maximum absolute atomic E-state index is 13.0. The molecule has 0 aliphatic heterocycles. The predicted molar refractivity (Wildman–Crippen MR) is 157 cm³/mol. The summed E-state index contributed by atoms with van der Waals surface area (Å²) in [5, 5.41) is 0. The van der Waals surface area contributed by atoms with E-state index >= 15 is 0 Å². The van der Waals surface area contributed by atoms with Gasteiger partial charge in [-0.1, -0.05) is 12.1 Å². The van der Waals surface area contributed by atoms with Crippen molar-refractivity contribution in [3.8, 4) is 11.5 Å². The number of ether oxygens (including phenoxy) is 6. The molecule has 0 fully saturated rings. The van der Waals surface area contributed by atoms with E-state index in [4.69, 9.17) is 35.2 Å². The lowest BCUT2D eigenvalue weighted by molar-refractivity contribution is -0.139. The van der Waals surface area contributed by atoms with E-state index in [2.05, 4.69) is 4.74 Å². The van der Waals surface area contributed by atoms with Crippen LogP contribution in [0.3, 0.4) is 0 Å². The van der Waals surface area contributed by atoms with Crippen LogP contribution < -0.4 is 20.9 Å². The van der Waals surface area contributed by atoms with E-state index in [9.17, 15) is 27.6 Å². The zero-order valence-corrected chi connectivity index (χ0v) is 23.9. The second-order valence-corrected chi connectivity index (χ2v) is 9.04. The number of benzene rings is 3.